The minimum Gasteiger partial charge on any atom is -0.464 e. The third-order valence-corrected chi connectivity index (χ3v) is 2.82. The molecule has 1 aromatic carbocycles. The van der Waals surface area contributed by atoms with E-state index in [-0.39, 0.29) is 16.9 Å². The summed E-state index contributed by atoms with van der Waals surface area (Å²) in [4.78, 5) is 11.7. The van der Waals surface area contributed by atoms with Crippen molar-refractivity contribution in [3.8, 4) is 11.8 Å². The Morgan fingerprint density at radius 3 is 2.57 bits per heavy atom. The predicted molar refractivity (Wildman–Crippen MR) is 66.1 cm³/mol. The number of halogens is 3. The number of anilines is 1. The van der Waals surface area contributed by atoms with Crippen LogP contribution in [-0.2, 0) is 4.74 Å². The van der Waals surface area contributed by atoms with Gasteiger partial charge in [0.15, 0.2) is 23.1 Å². The molecule has 0 saturated carbocycles. The van der Waals surface area contributed by atoms with Crippen LogP contribution in [0.5, 0.6) is 0 Å². The molecule has 2 N–H and O–H groups in total. The fourth-order valence-corrected chi connectivity index (χ4v) is 1.81. The molecule has 21 heavy (non-hydrogen) atoms. The number of ether oxygens (including phenoxy) is 1. The number of nitrogen functional groups attached to an aromatic ring is 1. The van der Waals surface area contributed by atoms with E-state index in [1.165, 1.54) is 0 Å². The number of hydrogen-bond donors (Lipinski definition) is 1. The number of aromatic nitrogens is 1. The summed E-state index contributed by atoms with van der Waals surface area (Å²) in [7, 11) is 1.06. The van der Waals surface area contributed by atoms with Gasteiger partial charge >= 0.3 is 5.97 Å². The van der Waals surface area contributed by atoms with E-state index < -0.39 is 29.1 Å². The van der Waals surface area contributed by atoms with Crippen molar-refractivity contribution in [2.45, 2.75) is 0 Å². The van der Waals surface area contributed by atoms with Crippen molar-refractivity contribution >= 4 is 11.7 Å². The number of methoxy groups -OCH3 is 1. The summed E-state index contributed by atoms with van der Waals surface area (Å²) in [5.41, 5.74) is 4.43. The zero-order valence-electron chi connectivity index (χ0n) is 10.7. The largest absolute Gasteiger partial charge is 0.464 e. The smallest absolute Gasteiger partial charge is 0.357 e. The zero-order valence-corrected chi connectivity index (χ0v) is 10.7. The Kier molecular flexibility index (Phi) is 3.58. The highest BCUT2D eigenvalue weighted by Crippen LogP contribution is 2.27. The number of benzene rings is 1. The number of nitriles is 1. The SMILES string of the molecule is COC(=O)c1c(N)c(C#N)cn1-c1ccc(F)c(F)c1F. The van der Waals surface area contributed by atoms with Gasteiger partial charge < -0.3 is 15.0 Å². The Labute approximate surface area is 117 Å². The van der Waals surface area contributed by atoms with Gasteiger partial charge in [-0.3, -0.25) is 0 Å². The van der Waals surface area contributed by atoms with Crippen LogP contribution in [0.4, 0.5) is 18.9 Å². The Hall–Kier alpha value is -2.95. The summed E-state index contributed by atoms with van der Waals surface area (Å²) >= 11 is 0. The summed E-state index contributed by atoms with van der Waals surface area (Å²) < 4.78 is 45.4. The van der Waals surface area contributed by atoms with E-state index in [2.05, 4.69) is 4.74 Å². The second-order valence-electron chi connectivity index (χ2n) is 3.97. The van der Waals surface area contributed by atoms with E-state index in [0.29, 0.717) is 6.07 Å². The van der Waals surface area contributed by atoms with Crippen LogP contribution in [0.3, 0.4) is 0 Å². The first-order valence-corrected chi connectivity index (χ1v) is 5.55. The van der Waals surface area contributed by atoms with Gasteiger partial charge in [0.2, 0.25) is 0 Å². The molecule has 5 nitrogen and oxygen atoms in total. The van der Waals surface area contributed by atoms with Crippen LogP contribution in [0.25, 0.3) is 5.69 Å². The first-order valence-electron chi connectivity index (χ1n) is 5.55. The molecule has 1 aromatic heterocycles. The third kappa shape index (κ3) is 2.18. The van der Waals surface area contributed by atoms with Gasteiger partial charge in [-0.15, -0.1) is 0 Å². The first kappa shape index (κ1) is 14.5. The lowest BCUT2D eigenvalue weighted by atomic mass is 10.2. The summed E-state index contributed by atoms with van der Waals surface area (Å²) in [6, 6.07) is 3.32. The monoisotopic (exact) mass is 295 g/mol. The van der Waals surface area contributed by atoms with Crippen molar-refractivity contribution in [1.29, 1.82) is 5.26 Å². The molecule has 0 aliphatic rings. The van der Waals surface area contributed by atoms with E-state index in [4.69, 9.17) is 11.0 Å². The van der Waals surface area contributed by atoms with Crippen LogP contribution in [0.15, 0.2) is 18.3 Å². The van der Waals surface area contributed by atoms with E-state index >= 15 is 0 Å². The molecule has 0 spiro atoms. The van der Waals surface area contributed by atoms with Gasteiger partial charge in [-0.2, -0.15) is 5.26 Å². The molecule has 108 valence electrons. The van der Waals surface area contributed by atoms with Gasteiger partial charge in [0.1, 0.15) is 6.07 Å². The summed E-state index contributed by atoms with van der Waals surface area (Å²) in [5.74, 6) is -5.54. The molecule has 0 unspecified atom stereocenters. The second-order valence-corrected chi connectivity index (χ2v) is 3.97. The molecule has 8 heteroatoms. The minimum atomic E-state index is -1.70. The fraction of sp³-hybridized carbons (Fsp3) is 0.0769. The van der Waals surface area contributed by atoms with Crippen LogP contribution in [0.1, 0.15) is 16.1 Å². The molecule has 0 radical (unpaired) electrons. The first-order chi connectivity index (χ1) is 9.92. The topological polar surface area (TPSA) is 81.0 Å². The Bertz CT molecular complexity index is 778. The Balaban J connectivity index is 2.79. The normalized spacial score (nSPS) is 10.2. The molecule has 2 rings (SSSR count). The molecule has 0 aliphatic carbocycles. The summed E-state index contributed by atoms with van der Waals surface area (Å²) in [6.45, 7) is 0. The molecule has 1 heterocycles. The molecular formula is C13H8F3N3O2. The predicted octanol–water partition coefficient (Wildman–Crippen LogP) is 2.14. The Morgan fingerprint density at radius 2 is 2.00 bits per heavy atom. The average Bonchev–Trinajstić information content (AvgIpc) is 2.80. The number of esters is 1. The highest BCUT2D eigenvalue weighted by Gasteiger charge is 2.24. The molecule has 2 aromatic rings. The van der Waals surface area contributed by atoms with Gasteiger partial charge in [0.05, 0.1) is 24.0 Å². The van der Waals surface area contributed by atoms with Gasteiger partial charge in [-0.25, -0.2) is 18.0 Å². The zero-order chi connectivity index (χ0) is 15.7. The highest BCUT2D eigenvalue weighted by molar-refractivity contribution is 5.95. The number of hydrogen-bond acceptors (Lipinski definition) is 4. The molecule has 0 atom stereocenters. The number of nitrogens with two attached hydrogens (primary N) is 1. The van der Waals surface area contributed by atoms with Crippen molar-refractivity contribution < 1.29 is 22.7 Å². The molecule has 0 aliphatic heterocycles. The van der Waals surface area contributed by atoms with Gasteiger partial charge in [0, 0.05) is 6.20 Å². The molecule has 0 amide bonds. The number of carbonyl (C=O) groups excluding carboxylic acids is 1. The second kappa shape index (κ2) is 5.20. The van der Waals surface area contributed by atoms with Gasteiger partial charge in [0.25, 0.3) is 0 Å². The quantitative estimate of drug-likeness (QED) is 0.680. The lowest BCUT2D eigenvalue weighted by Gasteiger charge is -2.10. The van der Waals surface area contributed by atoms with Crippen LogP contribution >= 0.6 is 0 Å². The number of nitrogens with zero attached hydrogens (tertiary/aromatic N) is 2. The van der Waals surface area contributed by atoms with Crippen LogP contribution < -0.4 is 5.73 Å². The maximum absolute atomic E-state index is 13.8. The number of carbonyl (C=O) groups is 1. The lowest BCUT2D eigenvalue weighted by Crippen LogP contribution is -2.12. The van der Waals surface area contributed by atoms with Crippen molar-refractivity contribution in [2.75, 3.05) is 12.8 Å². The van der Waals surface area contributed by atoms with Crippen LogP contribution in [0.2, 0.25) is 0 Å². The van der Waals surface area contributed by atoms with Crippen LogP contribution in [-0.4, -0.2) is 17.6 Å². The van der Waals surface area contributed by atoms with Crippen molar-refractivity contribution in [3.63, 3.8) is 0 Å². The maximum Gasteiger partial charge on any atom is 0.357 e. The van der Waals surface area contributed by atoms with Crippen LogP contribution in [0, 0.1) is 28.8 Å². The minimum absolute atomic E-state index is 0.125. The van der Waals surface area contributed by atoms with E-state index in [0.717, 1.165) is 23.9 Å². The van der Waals surface area contributed by atoms with E-state index in [1.807, 2.05) is 0 Å². The summed E-state index contributed by atoms with van der Waals surface area (Å²) in [6.07, 6.45) is 1.04. The number of rotatable bonds is 2. The molecule has 0 saturated heterocycles. The van der Waals surface area contributed by atoms with Crippen molar-refractivity contribution in [1.82, 2.24) is 4.57 Å². The summed E-state index contributed by atoms with van der Waals surface area (Å²) in [5, 5.41) is 8.90. The molecular weight excluding hydrogens is 287 g/mol. The standard InChI is InChI=1S/C13H8F3N3O2/c1-21-13(20)12-11(18)6(4-17)5-19(12)8-3-2-7(14)9(15)10(8)16/h2-3,5H,18H2,1H3. The van der Waals surface area contributed by atoms with Crippen molar-refractivity contribution in [2.24, 2.45) is 0 Å². The van der Waals surface area contributed by atoms with Gasteiger partial charge in [-0.05, 0) is 12.1 Å². The maximum atomic E-state index is 13.8. The fourth-order valence-electron chi connectivity index (χ4n) is 1.81. The average molecular weight is 295 g/mol. The molecule has 0 fully saturated rings. The van der Waals surface area contributed by atoms with Crippen molar-refractivity contribution in [3.05, 3.63) is 47.0 Å². The third-order valence-electron chi connectivity index (χ3n) is 2.82. The Morgan fingerprint density at radius 1 is 1.33 bits per heavy atom. The van der Waals surface area contributed by atoms with E-state index in [1.54, 1.807) is 6.07 Å². The van der Waals surface area contributed by atoms with E-state index in [9.17, 15) is 18.0 Å². The lowest BCUT2D eigenvalue weighted by molar-refractivity contribution is 0.0593. The highest BCUT2D eigenvalue weighted by atomic mass is 19.2. The molecule has 0 bridgehead atoms. The van der Waals surface area contributed by atoms with Gasteiger partial charge in [-0.1, -0.05) is 0 Å².